The zero-order valence-electron chi connectivity index (χ0n) is 12.6. The van der Waals surface area contributed by atoms with E-state index in [2.05, 4.69) is 5.32 Å². The number of hydrogen-bond donors (Lipinski definition) is 2. The Bertz CT molecular complexity index is 704. The molecule has 2 aromatic rings. The summed E-state index contributed by atoms with van der Waals surface area (Å²) in [6, 6.07) is 13.4. The maximum absolute atomic E-state index is 12.2. The second-order valence-corrected chi connectivity index (χ2v) is 4.88. The van der Waals surface area contributed by atoms with Crippen molar-refractivity contribution in [3.05, 3.63) is 69.8 Å². The highest BCUT2D eigenvalue weighted by atomic mass is 16.6. The van der Waals surface area contributed by atoms with Gasteiger partial charge in [0, 0.05) is 25.3 Å². The number of methoxy groups -OCH3 is 1. The minimum absolute atomic E-state index is 0.0191. The van der Waals surface area contributed by atoms with Gasteiger partial charge in [-0.3, -0.25) is 14.9 Å². The first-order chi connectivity index (χ1) is 11.0. The van der Waals surface area contributed by atoms with Crippen molar-refractivity contribution in [3.8, 4) is 0 Å². The van der Waals surface area contributed by atoms with Crippen LogP contribution in [0.1, 0.15) is 22.0 Å². The number of carbonyl (C=O) groups excluding carboxylic acids is 1. The van der Waals surface area contributed by atoms with E-state index in [-0.39, 0.29) is 29.6 Å². The molecule has 3 N–H and O–H groups in total. The van der Waals surface area contributed by atoms with Gasteiger partial charge < -0.3 is 15.8 Å². The fourth-order valence-electron chi connectivity index (χ4n) is 2.14. The maximum atomic E-state index is 12.2. The average molecular weight is 315 g/mol. The van der Waals surface area contributed by atoms with Crippen molar-refractivity contribution < 1.29 is 14.5 Å². The minimum atomic E-state index is -0.617. The fourth-order valence-corrected chi connectivity index (χ4v) is 2.14. The number of nitrogen functional groups attached to an aromatic ring is 1. The van der Waals surface area contributed by atoms with E-state index in [1.54, 1.807) is 7.11 Å². The van der Waals surface area contributed by atoms with Gasteiger partial charge in [0.15, 0.2) is 0 Å². The predicted octanol–water partition coefficient (Wildman–Crippen LogP) is 2.29. The molecule has 0 bridgehead atoms. The van der Waals surface area contributed by atoms with Gasteiger partial charge in [-0.25, -0.2) is 0 Å². The molecule has 0 aliphatic heterocycles. The smallest absolute Gasteiger partial charge is 0.292 e. The van der Waals surface area contributed by atoms with Crippen LogP contribution in [0.25, 0.3) is 0 Å². The summed E-state index contributed by atoms with van der Waals surface area (Å²) in [5.74, 6) is -0.425. The summed E-state index contributed by atoms with van der Waals surface area (Å²) in [6.07, 6.45) is -0.302. The third-order valence-electron chi connectivity index (χ3n) is 3.39. The van der Waals surface area contributed by atoms with Gasteiger partial charge in [-0.15, -0.1) is 0 Å². The Morgan fingerprint density at radius 1 is 1.30 bits per heavy atom. The Labute approximate surface area is 133 Å². The van der Waals surface area contributed by atoms with Crippen LogP contribution in [0.15, 0.2) is 48.5 Å². The molecule has 0 aliphatic rings. The number of nitro benzene ring substituents is 1. The van der Waals surface area contributed by atoms with E-state index in [0.29, 0.717) is 0 Å². The molecule has 0 saturated carbocycles. The summed E-state index contributed by atoms with van der Waals surface area (Å²) in [5.41, 5.74) is 6.35. The van der Waals surface area contributed by atoms with Crippen molar-refractivity contribution in [1.82, 2.24) is 5.32 Å². The third-order valence-corrected chi connectivity index (χ3v) is 3.39. The third kappa shape index (κ3) is 4.04. The summed E-state index contributed by atoms with van der Waals surface area (Å²) in [4.78, 5) is 22.4. The van der Waals surface area contributed by atoms with Crippen LogP contribution in [-0.2, 0) is 4.74 Å². The summed E-state index contributed by atoms with van der Waals surface area (Å²) in [6.45, 7) is 0.248. The summed E-state index contributed by atoms with van der Waals surface area (Å²) < 4.78 is 5.36. The quantitative estimate of drug-likeness (QED) is 0.483. The Hall–Kier alpha value is -2.93. The molecular weight excluding hydrogens is 298 g/mol. The van der Waals surface area contributed by atoms with E-state index in [1.165, 1.54) is 12.1 Å². The van der Waals surface area contributed by atoms with Crippen molar-refractivity contribution in [2.24, 2.45) is 0 Å². The number of benzene rings is 2. The van der Waals surface area contributed by atoms with Gasteiger partial charge in [-0.2, -0.15) is 0 Å². The Balaban J connectivity index is 2.07. The molecule has 1 atom stereocenters. The lowest BCUT2D eigenvalue weighted by molar-refractivity contribution is -0.383. The molecular formula is C16H17N3O4. The molecule has 120 valence electrons. The molecule has 2 aromatic carbocycles. The van der Waals surface area contributed by atoms with Crippen molar-refractivity contribution in [3.63, 3.8) is 0 Å². The first-order valence-corrected chi connectivity index (χ1v) is 6.92. The molecule has 7 nitrogen and oxygen atoms in total. The van der Waals surface area contributed by atoms with Crippen molar-refractivity contribution in [2.75, 3.05) is 19.4 Å². The SMILES string of the molecule is CO[C@@H](CNC(=O)c1ccc(N)c([N+](=O)[O-])c1)c1ccccc1. The van der Waals surface area contributed by atoms with Crippen molar-refractivity contribution in [1.29, 1.82) is 0 Å². The van der Waals surface area contributed by atoms with Gasteiger partial charge in [0.25, 0.3) is 11.6 Å². The molecule has 0 aromatic heterocycles. The monoisotopic (exact) mass is 315 g/mol. The van der Waals surface area contributed by atoms with E-state index < -0.39 is 10.8 Å². The van der Waals surface area contributed by atoms with E-state index in [0.717, 1.165) is 11.6 Å². The Morgan fingerprint density at radius 3 is 2.61 bits per heavy atom. The first-order valence-electron chi connectivity index (χ1n) is 6.92. The summed E-state index contributed by atoms with van der Waals surface area (Å²) in [5, 5.41) is 13.6. The lowest BCUT2D eigenvalue weighted by Crippen LogP contribution is -2.29. The second kappa shape index (κ2) is 7.37. The van der Waals surface area contributed by atoms with Gasteiger partial charge in [-0.1, -0.05) is 30.3 Å². The minimum Gasteiger partial charge on any atom is -0.393 e. The molecule has 0 fully saturated rings. The average Bonchev–Trinajstić information content (AvgIpc) is 2.56. The van der Waals surface area contributed by atoms with Crippen LogP contribution >= 0.6 is 0 Å². The zero-order chi connectivity index (χ0) is 16.8. The zero-order valence-corrected chi connectivity index (χ0v) is 12.6. The van der Waals surface area contributed by atoms with Crippen LogP contribution in [-0.4, -0.2) is 24.5 Å². The van der Waals surface area contributed by atoms with Crippen molar-refractivity contribution in [2.45, 2.75) is 6.10 Å². The largest absolute Gasteiger partial charge is 0.393 e. The van der Waals surface area contributed by atoms with Gasteiger partial charge >= 0.3 is 0 Å². The number of nitro groups is 1. The summed E-state index contributed by atoms with van der Waals surface area (Å²) >= 11 is 0. The standard InChI is InChI=1S/C16H17N3O4/c1-23-15(11-5-3-2-4-6-11)10-18-16(20)12-7-8-13(17)14(9-12)19(21)22/h2-9,15H,10,17H2,1H3,(H,18,20)/t15-/m0/s1. The normalized spacial score (nSPS) is 11.7. The van der Waals surface area contributed by atoms with Gasteiger partial charge in [-0.05, 0) is 17.7 Å². The van der Waals surface area contributed by atoms with Crippen molar-refractivity contribution >= 4 is 17.3 Å². The first kappa shape index (κ1) is 16.4. The molecule has 2 rings (SSSR count). The number of ether oxygens (including phenoxy) is 1. The number of amides is 1. The topological polar surface area (TPSA) is 107 Å². The van der Waals surface area contributed by atoms with Gasteiger partial charge in [0.1, 0.15) is 5.69 Å². The maximum Gasteiger partial charge on any atom is 0.292 e. The second-order valence-electron chi connectivity index (χ2n) is 4.88. The van der Waals surface area contributed by atoms with Gasteiger partial charge in [0.05, 0.1) is 11.0 Å². The van der Waals surface area contributed by atoms with E-state index >= 15 is 0 Å². The molecule has 0 aliphatic carbocycles. The number of nitrogens with zero attached hydrogens (tertiary/aromatic N) is 1. The van der Waals surface area contributed by atoms with Crippen LogP contribution in [0.2, 0.25) is 0 Å². The molecule has 0 heterocycles. The Kier molecular flexibility index (Phi) is 5.27. The molecule has 23 heavy (non-hydrogen) atoms. The summed E-state index contributed by atoms with van der Waals surface area (Å²) in [7, 11) is 1.55. The number of rotatable bonds is 6. The van der Waals surface area contributed by atoms with Crippen LogP contribution in [0.4, 0.5) is 11.4 Å². The van der Waals surface area contributed by atoms with Crippen LogP contribution in [0.5, 0.6) is 0 Å². The number of anilines is 1. The van der Waals surface area contributed by atoms with E-state index in [1.807, 2.05) is 30.3 Å². The molecule has 7 heteroatoms. The molecule has 0 radical (unpaired) electrons. The molecule has 0 saturated heterocycles. The lowest BCUT2D eigenvalue weighted by Gasteiger charge is -2.16. The lowest BCUT2D eigenvalue weighted by atomic mass is 10.1. The highest BCUT2D eigenvalue weighted by molar-refractivity contribution is 5.95. The number of carbonyl (C=O) groups is 1. The predicted molar refractivity (Wildman–Crippen MR) is 86.0 cm³/mol. The fraction of sp³-hybridized carbons (Fsp3) is 0.188. The Morgan fingerprint density at radius 2 is 2.00 bits per heavy atom. The van der Waals surface area contributed by atoms with Crippen LogP contribution in [0.3, 0.4) is 0 Å². The number of hydrogen-bond acceptors (Lipinski definition) is 5. The van der Waals surface area contributed by atoms with Gasteiger partial charge in [0.2, 0.25) is 0 Å². The highest BCUT2D eigenvalue weighted by Gasteiger charge is 2.17. The van der Waals surface area contributed by atoms with E-state index in [9.17, 15) is 14.9 Å². The highest BCUT2D eigenvalue weighted by Crippen LogP contribution is 2.22. The van der Waals surface area contributed by atoms with Crippen LogP contribution < -0.4 is 11.1 Å². The number of nitrogens with two attached hydrogens (primary N) is 1. The van der Waals surface area contributed by atoms with Crippen LogP contribution in [0, 0.1) is 10.1 Å². The van der Waals surface area contributed by atoms with E-state index in [4.69, 9.17) is 10.5 Å². The molecule has 1 amide bonds. The molecule has 0 unspecified atom stereocenters. The molecule has 0 spiro atoms. The number of nitrogens with one attached hydrogen (secondary N) is 1.